The normalized spacial score (nSPS) is 16.6. The smallest absolute Gasteiger partial charge is 0.0453 e. The predicted molar refractivity (Wildman–Crippen MR) is 93.4 cm³/mol. The summed E-state index contributed by atoms with van der Waals surface area (Å²) in [6.45, 7) is 3.27. The van der Waals surface area contributed by atoms with Crippen LogP contribution in [-0.4, -0.2) is 12.6 Å². The lowest BCUT2D eigenvalue weighted by atomic mass is 9.92. The van der Waals surface area contributed by atoms with E-state index >= 15 is 0 Å². The summed E-state index contributed by atoms with van der Waals surface area (Å²) in [6.07, 6.45) is 10.9. The molecule has 1 aliphatic rings. The summed E-state index contributed by atoms with van der Waals surface area (Å²) in [5.41, 5.74) is 2.80. The SMILES string of the molecule is CCCNC(CC1=CCCCC1)Cc1ccc(Cl)cc1Cl. The van der Waals surface area contributed by atoms with Crippen molar-refractivity contribution >= 4 is 23.2 Å². The first-order valence-electron chi connectivity index (χ1n) is 8.04. The van der Waals surface area contributed by atoms with Crippen molar-refractivity contribution in [3.63, 3.8) is 0 Å². The molecule has 0 fully saturated rings. The molecule has 0 radical (unpaired) electrons. The molecule has 0 bridgehead atoms. The van der Waals surface area contributed by atoms with Gasteiger partial charge in [-0.15, -0.1) is 0 Å². The zero-order valence-electron chi connectivity index (χ0n) is 12.8. The number of rotatable bonds is 7. The van der Waals surface area contributed by atoms with Crippen LogP contribution in [0, 0.1) is 0 Å². The van der Waals surface area contributed by atoms with Gasteiger partial charge in [0, 0.05) is 16.1 Å². The Hall–Kier alpha value is -0.500. The third-order valence-electron chi connectivity index (χ3n) is 4.06. The van der Waals surface area contributed by atoms with Gasteiger partial charge in [0.15, 0.2) is 0 Å². The fraction of sp³-hybridized carbons (Fsp3) is 0.556. The van der Waals surface area contributed by atoms with Crippen LogP contribution >= 0.6 is 23.2 Å². The van der Waals surface area contributed by atoms with Crippen LogP contribution in [0.25, 0.3) is 0 Å². The van der Waals surface area contributed by atoms with Gasteiger partial charge >= 0.3 is 0 Å². The van der Waals surface area contributed by atoms with Gasteiger partial charge < -0.3 is 5.32 Å². The molecule has 1 aliphatic carbocycles. The van der Waals surface area contributed by atoms with E-state index in [1.807, 2.05) is 12.1 Å². The lowest BCUT2D eigenvalue weighted by Gasteiger charge is -2.22. The highest BCUT2D eigenvalue weighted by molar-refractivity contribution is 6.35. The Bertz CT molecular complexity index is 482. The number of benzene rings is 1. The van der Waals surface area contributed by atoms with E-state index in [-0.39, 0.29) is 0 Å². The van der Waals surface area contributed by atoms with Crippen LogP contribution in [0.5, 0.6) is 0 Å². The molecule has 0 aliphatic heterocycles. The monoisotopic (exact) mass is 325 g/mol. The molecule has 0 amide bonds. The van der Waals surface area contributed by atoms with Crippen LogP contribution in [0.15, 0.2) is 29.8 Å². The predicted octanol–water partition coefficient (Wildman–Crippen LogP) is 5.79. The highest BCUT2D eigenvalue weighted by atomic mass is 35.5. The third kappa shape index (κ3) is 5.65. The molecule has 116 valence electrons. The van der Waals surface area contributed by atoms with Crippen molar-refractivity contribution in [1.29, 1.82) is 0 Å². The van der Waals surface area contributed by atoms with E-state index in [0.717, 1.165) is 30.8 Å². The second-order valence-corrected chi connectivity index (χ2v) is 6.75. The molecule has 0 aromatic heterocycles. The molecule has 1 aromatic carbocycles. The highest BCUT2D eigenvalue weighted by Gasteiger charge is 2.14. The van der Waals surface area contributed by atoms with Crippen LogP contribution in [0.1, 0.15) is 51.0 Å². The number of allylic oxidation sites excluding steroid dienone is 1. The fourth-order valence-electron chi connectivity index (χ4n) is 2.92. The summed E-state index contributed by atoms with van der Waals surface area (Å²) < 4.78 is 0. The molecule has 2 rings (SSSR count). The molecule has 1 atom stereocenters. The van der Waals surface area contributed by atoms with Crippen molar-refractivity contribution in [1.82, 2.24) is 5.32 Å². The Morgan fingerprint density at radius 1 is 1.19 bits per heavy atom. The molecule has 0 saturated carbocycles. The van der Waals surface area contributed by atoms with Crippen molar-refractivity contribution < 1.29 is 0 Å². The summed E-state index contributed by atoms with van der Waals surface area (Å²) in [4.78, 5) is 0. The van der Waals surface area contributed by atoms with E-state index in [2.05, 4.69) is 24.4 Å². The summed E-state index contributed by atoms with van der Waals surface area (Å²) >= 11 is 12.3. The average molecular weight is 326 g/mol. The molecular weight excluding hydrogens is 301 g/mol. The molecule has 0 saturated heterocycles. The van der Waals surface area contributed by atoms with Gasteiger partial charge in [0.05, 0.1) is 0 Å². The van der Waals surface area contributed by atoms with Gasteiger partial charge in [0.2, 0.25) is 0 Å². The fourth-order valence-corrected chi connectivity index (χ4v) is 3.41. The van der Waals surface area contributed by atoms with Gasteiger partial charge in [0.25, 0.3) is 0 Å². The number of hydrogen-bond acceptors (Lipinski definition) is 1. The largest absolute Gasteiger partial charge is 0.313 e. The Morgan fingerprint density at radius 2 is 2.05 bits per heavy atom. The summed E-state index contributed by atoms with van der Waals surface area (Å²) in [5, 5.41) is 5.16. The molecule has 3 heteroatoms. The Labute approximate surface area is 138 Å². The maximum atomic E-state index is 6.32. The maximum absolute atomic E-state index is 6.32. The highest BCUT2D eigenvalue weighted by Crippen LogP contribution is 2.26. The summed E-state index contributed by atoms with van der Waals surface area (Å²) in [5.74, 6) is 0. The molecule has 1 N–H and O–H groups in total. The lowest BCUT2D eigenvalue weighted by molar-refractivity contribution is 0.490. The van der Waals surface area contributed by atoms with Crippen LogP contribution < -0.4 is 5.32 Å². The van der Waals surface area contributed by atoms with Gasteiger partial charge in [-0.25, -0.2) is 0 Å². The van der Waals surface area contributed by atoms with E-state index < -0.39 is 0 Å². The van der Waals surface area contributed by atoms with Gasteiger partial charge in [-0.3, -0.25) is 0 Å². The Morgan fingerprint density at radius 3 is 2.71 bits per heavy atom. The molecule has 1 aromatic rings. The first-order valence-corrected chi connectivity index (χ1v) is 8.80. The minimum Gasteiger partial charge on any atom is -0.313 e. The van der Waals surface area contributed by atoms with Crippen LogP contribution in [-0.2, 0) is 6.42 Å². The summed E-state index contributed by atoms with van der Waals surface area (Å²) in [7, 11) is 0. The maximum Gasteiger partial charge on any atom is 0.0453 e. The summed E-state index contributed by atoms with van der Waals surface area (Å²) in [6, 6.07) is 6.29. The van der Waals surface area contributed by atoms with Crippen LogP contribution in [0.2, 0.25) is 10.0 Å². The van der Waals surface area contributed by atoms with Gasteiger partial charge in [-0.05, 0) is 69.2 Å². The Kier molecular flexibility index (Phi) is 7.09. The van der Waals surface area contributed by atoms with E-state index in [0.29, 0.717) is 11.1 Å². The van der Waals surface area contributed by atoms with Gasteiger partial charge in [-0.1, -0.05) is 47.8 Å². The zero-order chi connectivity index (χ0) is 15.1. The first kappa shape index (κ1) is 16.9. The topological polar surface area (TPSA) is 12.0 Å². The minimum absolute atomic E-state index is 0.466. The second-order valence-electron chi connectivity index (χ2n) is 5.90. The second kappa shape index (κ2) is 8.82. The Balaban J connectivity index is 2.02. The third-order valence-corrected chi connectivity index (χ3v) is 4.65. The average Bonchev–Trinajstić information content (AvgIpc) is 2.48. The molecule has 21 heavy (non-hydrogen) atoms. The van der Waals surface area contributed by atoms with E-state index in [1.165, 1.54) is 31.2 Å². The zero-order valence-corrected chi connectivity index (χ0v) is 14.3. The van der Waals surface area contributed by atoms with Crippen molar-refractivity contribution in [3.05, 3.63) is 45.5 Å². The standard InChI is InChI=1S/C18H25Cl2N/c1-2-10-21-17(11-14-6-4-3-5-7-14)12-15-8-9-16(19)13-18(15)20/h6,8-9,13,17,21H,2-5,7,10-12H2,1H3. The van der Waals surface area contributed by atoms with Gasteiger partial charge in [0.1, 0.15) is 0 Å². The lowest BCUT2D eigenvalue weighted by Crippen LogP contribution is -2.32. The van der Waals surface area contributed by atoms with Crippen LogP contribution in [0.3, 0.4) is 0 Å². The van der Waals surface area contributed by atoms with E-state index in [1.54, 1.807) is 5.57 Å². The van der Waals surface area contributed by atoms with E-state index in [4.69, 9.17) is 23.2 Å². The number of hydrogen-bond donors (Lipinski definition) is 1. The first-order chi connectivity index (χ1) is 10.2. The van der Waals surface area contributed by atoms with Crippen molar-refractivity contribution in [2.24, 2.45) is 0 Å². The van der Waals surface area contributed by atoms with Crippen molar-refractivity contribution in [2.45, 2.75) is 57.9 Å². The number of nitrogens with one attached hydrogen (secondary N) is 1. The van der Waals surface area contributed by atoms with E-state index in [9.17, 15) is 0 Å². The van der Waals surface area contributed by atoms with Crippen molar-refractivity contribution in [3.8, 4) is 0 Å². The molecular formula is C18H25Cl2N. The van der Waals surface area contributed by atoms with Crippen LogP contribution in [0.4, 0.5) is 0 Å². The molecule has 1 nitrogen and oxygen atoms in total. The van der Waals surface area contributed by atoms with Crippen molar-refractivity contribution in [2.75, 3.05) is 6.54 Å². The minimum atomic E-state index is 0.466. The molecule has 0 heterocycles. The molecule has 0 spiro atoms. The van der Waals surface area contributed by atoms with Gasteiger partial charge in [-0.2, -0.15) is 0 Å². The molecule has 1 unspecified atom stereocenters. The number of halogens is 2. The quantitative estimate of drug-likeness (QED) is 0.625.